The number of aryl methyl sites for hydroxylation is 1. The number of hydrogen-bond acceptors (Lipinski definition) is 5. The van der Waals surface area contributed by atoms with Crippen LogP contribution in [0.25, 0.3) is 11.4 Å². The maximum atomic E-state index is 11.4. The van der Waals surface area contributed by atoms with Crippen molar-refractivity contribution >= 4 is 5.69 Å². The summed E-state index contributed by atoms with van der Waals surface area (Å²) < 4.78 is 12.6. The van der Waals surface area contributed by atoms with Crippen LogP contribution in [0.5, 0.6) is 11.5 Å². The van der Waals surface area contributed by atoms with Crippen molar-refractivity contribution in [3.63, 3.8) is 0 Å². The van der Waals surface area contributed by atoms with Crippen LogP contribution >= 0.6 is 0 Å². The van der Waals surface area contributed by atoms with Gasteiger partial charge in [-0.05, 0) is 12.5 Å². The molecule has 0 aliphatic rings. The van der Waals surface area contributed by atoms with E-state index in [0.717, 1.165) is 12.8 Å². The van der Waals surface area contributed by atoms with Gasteiger partial charge in [0.05, 0.1) is 18.6 Å². The fraction of sp³-hybridized carbons (Fsp3) is 0.400. The second-order valence-electron chi connectivity index (χ2n) is 4.85. The molecule has 1 aromatic heterocycles. The summed E-state index contributed by atoms with van der Waals surface area (Å²) in [4.78, 5) is 15.1. The van der Waals surface area contributed by atoms with Crippen LogP contribution in [-0.4, -0.2) is 28.2 Å². The molecule has 0 N–H and O–H groups in total. The van der Waals surface area contributed by atoms with Crippen molar-refractivity contribution in [3.05, 3.63) is 34.6 Å². The number of rotatable bonds is 7. The van der Waals surface area contributed by atoms with Gasteiger partial charge in [-0.1, -0.05) is 13.3 Å². The third-order valence-corrected chi connectivity index (χ3v) is 3.28. The molecule has 1 heterocycles. The molecule has 0 aliphatic carbocycles. The van der Waals surface area contributed by atoms with Crippen LogP contribution in [0.3, 0.4) is 0 Å². The van der Waals surface area contributed by atoms with Crippen molar-refractivity contribution < 1.29 is 14.4 Å². The quantitative estimate of drug-likeness (QED) is 0.446. The highest BCUT2D eigenvalue weighted by atomic mass is 16.6. The Morgan fingerprint density at radius 3 is 2.73 bits per heavy atom. The van der Waals surface area contributed by atoms with Crippen molar-refractivity contribution in [3.8, 4) is 22.9 Å². The van der Waals surface area contributed by atoms with Gasteiger partial charge in [0.15, 0.2) is 5.75 Å². The van der Waals surface area contributed by atoms with Crippen LogP contribution in [0.1, 0.15) is 19.8 Å². The van der Waals surface area contributed by atoms with Gasteiger partial charge in [-0.15, -0.1) is 0 Å². The van der Waals surface area contributed by atoms with Gasteiger partial charge >= 0.3 is 5.69 Å². The average Bonchev–Trinajstić information content (AvgIpc) is 2.93. The molecular weight excluding hydrogens is 286 g/mol. The summed E-state index contributed by atoms with van der Waals surface area (Å²) in [5, 5.41) is 11.4. The van der Waals surface area contributed by atoms with Crippen LogP contribution in [-0.2, 0) is 7.05 Å². The number of nitro benzene ring substituents is 1. The Bertz CT molecular complexity index is 667. The van der Waals surface area contributed by atoms with Crippen LogP contribution in [0.4, 0.5) is 5.69 Å². The van der Waals surface area contributed by atoms with Gasteiger partial charge in [0.2, 0.25) is 5.75 Å². The largest absolute Gasteiger partial charge is 0.493 e. The maximum absolute atomic E-state index is 11.4. The van der Waals surface area contributed by atoms with Gasteiger partial charge in [0, 0.05) is 31.1 Å². The number of nitrogens with zero attached hydrogens (tertiary/aromatic N) is 3. The van der Waals surface area contributed by atoms with Gasteiger partial charge < -0.3 is 14.0 Å². The number of aromatic nitrogens is 2. The zero-order valence-corrected chi connectivity index (χ0v) is 12.9. The molecule has 0 atom stereocenters. The van der Waals surface area contributed by atoms with Crippen LogP contribution < -0.4 is 9.47 Å². The van der Waals surface area contributed by atoms with E-state index in [4.69, 9.17) is 9.47 Å². The van der Waals surface area contributed by atoms with Gasteiger partial charge in [-0.3, -0.25) is 10.1 Å². The van der Waals surface area contributed by atoms with E-state index in [9.17, 15) is 10.1 Å². The molecule has 2 aromatic rings. The molecule has 0 saturated carbocycles. The molecule has 0 aliphatic heterocycles. The molecule has 0 amide bonds. The second-order valence-corrected chi connectivity index (χ2v) is 4.85. The highest BCUT2D eigenvalue weighted by molar-refractivity contribution is 5.69. The average molecular weight is 305 g/mol. The lowest BCUT2D eigenvalue weighted by atomic mass is 10.1. The molecular formula is C15H19N3O4. The summed E-state index contributed by atoms with van der Waals surface area (Å²) in [5.74, 6) is 1.13. The van der Waals surface area contributed by atoms with Crippen molar-refractivity contribution in [2.45, 2.75) is 19.8 Å². The van der Waals surface area contributed by atoms with Crippen molar-refractivity contribution in [1.29, 1.82) is 0 Å². The Labute approximate surface area is 128 Å². The van der Waals surface area contributed by atoms with E-state index in [-0.39, 0.29) is 11.4 Å². The Kier molecular flexibility index (Phi) is 4.98. The molecule has 0 bridgehead atoms. The summed E-state index contributed by atoms with van der Waals surface area (Å²) in [6.07, 6.45) is 5.18. The van der Waals surface area contributed by atoms with E-state index in [1.165, 1.54) is 13.2 Å². The number of benzene rings is 1. The molecule has 0 fully saturated rings. The minimum Gasteiger partial charge on any atom is -0.493 e. The molecule has 0 radical (unpaired) electrons. The predicted molar refractivity (Wildman–Crippen MR) is 82.3 cm³/mol. The van der Waals surface area contributed by atoms with Gasteiger partial charge in [-0.2, -0.15) is 0 Å². The molecule has 22 heavy (non-hydrogen) atoms. The molecule has 7 heteroatoms. The van der Waals surface area contributed by atoms with Gasteiger partial charge in [0.25, 0.3) is 0 Å². The topological polar surface area (TPSA) is 79.4 Å². The fourth-order valence-corrected chi connectivity index (χ4v) is 2.11. The lowest BCUT2D eigenvalue weighted by molar-refractivity contribution is -0.385. The summed E-state index contributed by atoms with van der Waals surface area (Å²) in [6.45, 7) is 2.44. The summed E-state index contributed by atoms with van der Waals surface area (Å²) in [6, 6.07) is 3.17. The van der Waals surface area contributed by atoms with E-state index in [1.54, 1.807) is 23.0 Å². The van der Waals surface area contributed by atoms with E-state index in [1.807, 2.05) is 14.0 Å². The van der Waals surface area contributed by atoms with E-state index in [0.29, 0.717) is 23.7 Å². The molecule has 118 valence electrons. The van der Waals surface area contributed by atoms with Gasteiger partial charge in [0.1, 0.15) is 5.82 Å². The normalized spacial score (nSPS) is 10.5. The highest BCUT2D eigenvalue weighted by Gasteiger charge is 2.23. The smallest absolute Gasteiger partial charge is 0.315 e. The fourth-order valence-electron chi connectivity index (χ4n) is 2.11. The molecule has 7 nitrogen and oxygen atoms in total. The van der Waals surface area contributed by atoms with Crippen LogP contribution in [0.2, 0.25) is 0 Å². The number of unbranched alkanes of at least 4 members (excludes halogenated alkanes) is 1. The monoisotopic (exact) mass is 305 g/mol. The summed E-state index contributed by atoms with van der Waals surface area (Å²) in [5.41, 5.74) is 0.493. The highest BCUT2D eigenvalue weighted by Crippen LogP contribution is 2.40. The maximum Gasteiger partial charge on any atom is 0.315 e. The Hall–Kier alpha value is -2.57. The lowest BCUT2D eigenvalue weighted by Crippen LogP contribution is -2.03. The van der Waals surface area contributed by atoms with Crippen LogP contribution in [0, 0.1) is 10.1 Å². The number of nitro groups is 1. The van der Waals surface area contributed by atoms with Crippen molar-refractivity contribution in [1.82, 2.24) is 9.55 Å². The first-order valence-electron chi connectivity index (χ1n) is 7.05. The number of hydrogen-bond donors (Lipinski definition) is 0. The van der Waals surface area contributed by atoms with Gasteiger partial charge in [-0.25, -0.2) is 4.98 Å². The molecule has 1 aromatic carbocycles. The number of methoxy groups -OCH3 is 1. The number of ether oxygens (including phenoxy) is 2. The first-order valence-corrected chi connectivity index (χ1v) is 7.05. The van der Waals surface area contributed by atoms with Crippen molar-refractivity contribution in [2.75, 3.05) is 13.7 Å². The molecule has 0 saturated heterocycles. The zero-order chi connectivity index (χ0) is 16.1. The number of imidazole rings is 1. The van der Waals surface area contributed by atoms with E-state index in [2.05, 4.69) is 4.98 Å². The molecule has 0 spiro atoms. The first kappa shape index (κ1) is 15.8. The Balaban J connectivity index is 2.50. The second kappa shape index (κ2) is 6.93. The molecule has 0 unspecified atom stereocenters. The minimum absolute atomic E-state index is 0.117. The van der Waals surface area contributed by atoms with E-state index >= 15 is 0 Å². The third-order valence-electron chi connectivity index (χ3n) is 3.28. The standard InChI is InChI=1S/C15H19N3O4/c1-4-5-8-22-14-12(18(19)20)9-11(10-13(14)21-3)15-16-6-7-17(15)2/h6-7,9-10H,4-5,8H2,1-3H3. The summed E-state index contributed by atoms with van der Waals surface area (Å²) >= 11 is 0. The SMILES string of the molecule is CCCCOc1c(OC)cc(-c2nccn2C)cc1[N+](=O)[O-]. The summed E-state index contributed by atoms with van der Waals surface area (Å²) in [7, 11) is 3.29. The zero-order valence-electron chi connectivity index (χ0n) is 12.9. The third kappa shape index (κ3) is 3.19. The predicted octanol–water partition coefficient (Wildman–Crippen LogP) is 3.18. The van der Waals surface area contributed by atoms with Crippen LogP contribution in [0.15, 0.2) is 24.5 Å². The first-order chi connectivity index (χ1) is 10.6. The minimum atomic E-state index is -0.462. The Morgan fingerprint density at radius 2 is 2.18 bits per heavy atom. The van der Waals surface area contributed by atoms with E-state index < -0.39 is 4.92 Å². The van der Waals surface area contributed by atoms with Crippen molar-refractivity contribution in [2.24, 2.45) is 7.05 Å². The molecule has 2 rings (SSSR count). The Morgan fingerprint density at radius 1 is 1.41 bits per heavy atom. The lowest BCUT2D eigenvalue weighted by Gasteiger charge is -2.12.